The van der Waals surface area contributed by atoms with Gasteiger partial charge in [-0.15, -0.1) is 0 Å². The Bertz CT molecular complexity index is 498. The van der Waals surface area contributed by atoms with Crippen LogP contribution in [0, 0.1) is 0 Å². The van der Waals surface area contributed by atoms with Crippen LogP contribution in [0.15, 0.2) is 30.3 Å². The van der Waals surface area contributed by atoms with E-state index in [9.17, 15) is 4.79 Å². The maximum absolute atomic E-state index is 12.0. The molecule has 0 radical (unpaired) electrons. The molecule has 0 unspecified atom stereocenters. The Labute approximate surface area is 112 Å². The van der Waals surface area contributed by atoms with Gasteiger partial charge in [-0.1, -0.05) is 37.3 Å². The van der Waals surface area contributed by atoms with E-state index in [-0.39, 0.29) is 13.2 Å². The van der Waals surface area contributed by atoms with Gasteiger partial charge in [-0.25, -0.2) is 4.79 Å². The van der Waals surface area contributed by atoms with Gasteiger partial charge >= 0.3 is 6.09 Å². The summed E-state index contributed by atoms with van der Waals surface area (Å²) in [5, 5.41) is 3.52. The first-order valence-electron chi connectivity index (χ1n) is 7.61. The zero-order chi connectivity index (χ0) is 15.5. The molecule has 2 N–H and O–H groups in total. The van der Waals surface area contributed by atoms with E-state index >= 15 is 0 Å². The SMILES string of the molecule is [2H]N1CC[C@](CC)(NC(=O)OCc2ccccc2)C1([2H])[2H]. The molecule has 4 heteroatoms. The standard InChI is InChI=1S/C14H20N2O2/c1-2-14(8-9-15-11-14)16-13(17)18-10-12-6-4-3-5-7-12/h3-7,15H,2,8-11H2,1H3,(H,16,17)/t14-/m0/s1/i11D2/hD. The van der Waals surface area contributed by atoms with Crippen LogP contribution in [0.3, 0.4) is 0 Å². The van der Waals surface area contributed by atoms with Crippen molar-refractivity contribution >= 4 is 6.09 Å². The molecule has 1 atom stereocenters. The molecule has 0 aromatic heterocycles. The van der Waals surface area contributed by atoms with Gasteiger partial charge in [-0.05, 0) is 24.9 Å². The molecule has 18 heavy (non-hydrogen) atoms. The Balaban J connectivity index is 1.98. The van der Waals surface area contributed by atoms with Crippen LogP contribution in [-0.4, -0.2) is 24.7 Å². The molecule has 1 saturated heterocycles. The third kappa shape index (κ3) is 3.23. The van der Waals surface area contributed by atoms with Crippen LogP contribution in [0.4, 0.5) is 4.79 Å². The van der Waals surface area contributed by atoms with Crippen molar-refractivity contribution in [3.63, 3.8) is 0 Å². The third-order valence-corrected chi connectivity index (χ3v) is 3.10. The van der Waals surface area contributed by atoms with E-state index < -0.39 is 18.1 Å². The lowest BCUT2D eigenvalue weighted by atomic mass is 9.96. The van der Waals surface area contributed by atoms with Gasteiger partial charge in [-0.2, -0.15) is 0 Å². The number of ether oxygens (including phenoxy) is 1. The average molecular weight is 251 g/mol. The minimum absolute atomic E-state index is 0.139. The molecule has 2 rings (SSSR count). The molecule has 0 spiro atoms. The quantitative estimate of drug-likeness (QED) is 0.861. The lowest BCUT2D eigenvalue weighted by Gasteiger charge is -2.27. The van der Waals surface area contributed by atoms with Crippen molar-refractivity contribution < 1.29 is 13.7 Å². The molecule has 1 aliphatic rings. The van der Waals surface area contributed by atoms with Gasteiger partial charge in [0.15, 0.2) is 0 Å². The first-order chi connectivity index (χ1) is 9.91. The number of hydrogen-bond donors (Lipinski definition) is 2. The average Bonchev–Trinajstić information content (AvgIpc) is 2.70. The van der Waals surface area contributed by atoms with Crippen LogP contribution < -0.4 is 10.6 Å². The number of amides is 1. The van der Waals surface area contributed by atoms with Gasteiger partial charge in [0.05, 0.1) is 5.54 Å². The molecule has 0 bridgehead atoms. The predicted octanol–water partition coefficient (Wildman–Crippen LogP) is 2.05. The number of rotatable bonds is 4. The van der Waals surface area contributed by atoms with Crippen molar-refractivity contribution in [3.8, 4) is 0 Å². The number of hydrogen-bond acceptors (Lipinski definition) is 3. The lowest BCUT2D eigenvalue weighted by Crippen LogP contribution is -2.49. The number of benzene rings is 1. The van der Waals surface area contributed by atoms with Gasteiger partial charge in [0, 0.05) is 9.24 Å². The Morgan fingerprint density at radius 3 is 3.00 bits per heavy atom. The van der Waals surface area contributed by atoms with Gasteiger partial charge < -0.3 is 15.4 Å². The summed E-state index contributed by atoms with van der Waals surface area (Å²) in [6, 6.07) is 9.30. The van der Waals surface area contributed by atoms with Gasteiger partial charge in [0.25, 0.3) is 0 Å². The van der Waals surface area contributed by atoms with E-state index in [0.29, 0.717) is 12.8 Å². The summed E-state index contributed by atoms with van der Waals surface area (Å²) in [5.74, 6) is 0. The van der Waals surface area contributed by atoms with Crippen molar-refractivity contribution in [1.29, 1.82) is 0 Å². The smallest absolute Gasteiger partial charge is 0.407 e. The Kier molecular flexibility index (Phi) is 3.06. The molecule has 4 nitrogen and oxygen atoms in total. The maximum atomic E-state index is 12.0. The summed E-state index contributed by atoms with van der Waals surface area (Å²) in [6.07, 6.45) is 0.135. The topological polar surface area (TPSA) is 50.4 Å². The Morgan fingerprint density at radius 1 is 1.61 bits per heavy atom. The summed E-state index contributed by atoms with van der Waals surface area (Å²) in [4.78, 5) is 12.0. The van der Waals surface area contributed by atoms with Crippen LogP contribution in [0.25, 0.3) is 0 Å². The molecule has 1 amide bonds. The first-order valence-corrected chi connectivity index (χ1v) is 6.17. The highest BCUT2D eigenvalue weighted by Crippen LogP contribution is 2.18. The first kappa shape index (κ1) is 9.39. The van der Waals surface area contributed by atoms with Crippen molar-refractivity contribution in [2.45, 2.75) is 31.9 Å². The molecular formula is C14H20N2O2. The number of alkyl carbamates (subject to hydrolysis) is 1. The van der Waals surface area contributed by atoms with Crippen molar-refractivity contribution in [1.82, 2.24) is 10.6 Å². The fraction of sp³-hybridized carbons (Fsp3) is 0.500. The van der Waals surface area contributed by atoms with E-state index in [2.05, 4.69) is 5.32 Å². The maximum Gasteiger partial charge on any atom is 0.407 e. The largest absolute Gasteiger partial charge is 0.445 e. The zero-order valence-electron chi connectivity index (χ0n) is 13.5. The lowest BCUT2D eigenvalue weighted by molar-refractivity contribution is 0.127. The molecule has 1 heterocycles. The second-order valence-electron chi connectivity index (χ2n) is 4.37. The number of nitrogens with one attached hydrogen (secondary N) is 2. The predicted molar refractivity (Wildman–Crippen MR) is 70.3 cm³/mol. The fourth-order valence-corrected chi connectivity index (χ4v) is 1.90. The third-order valence-electron chi connectivity index (χ3n) is 3.10. The second-order valence-corrected chi connectivity index (χ2v) is 4.37. The zero-order valence-corrected chi connectivity index (χ0v) is 10.5. The van der Waals surface area contributed by atoms with Gasteiger partial charge in [-0.3, -0.25) is 0 Å². The minimum atomic E-state index is -1.91. The van der Waals surface area contributed by atoms with Gasteiger partial charge in [0.1, 0.15) is 8.02 Å². The summed E-state index contributed by atoms with van der Waals surface area (Å²) in [5.41, 5.74) is -0.211. The monoisotopic (exact) mass is 251 g/mol. The molecule has 0 aliphatic carbocycles. The molecule has 1 fully saturated rings. The Hall–Kier alpha value is -1.55. The Morgan fingerprint density at radius 2 is 2.39 bits per heavy atom. The molecular weight excluding hydrogens is 228 g/mol. The molecule has 98 valence electrons. The van der Waals surface area contributed by atoms with Crippen molar-refractivity contribution in [2.24, 2.45) is 0 Å². The highest BCUT2D eigenvalue weighted by atomic mass is 16.5. The number of carbonyl (C=O) groups is 1. The van der Waals surface area contributed by atoms with Gasteiger partial charge in [0.2, 0.25) is 0 Å². The van der Waals surface area contributed by atoms with Crippen LogP contribution in [0.1, 0.15) is 28.1 Å². The van der Waals surface area contributed by atoms with Crippen LogP contribution in [0.5, 0.6) is 0 Å². The van der Waals surface area contributed by atoms with Crippen LogP contribution in [0.2, 0.25) is 1.41 Å². The molecule has 1 aromatic carbocycles. The fourth-order valence-electron chi connectivity index (χ4n) is 1.90. The van der Waals surface area contributed by atoms with Crippen molar-refractivity contribution in [2.75, 3.05) is 13.0 Å². The summed E-state index contributed by atoms with van der Waals surface area (Å²) >= 11 is 0. The van der Waals surface area contributed by atoms with E-state index in [1.165, 1.54) is 0 Å². The minimum Gasteiger partial charge on any atom is -0.445 e. The van der Waals surface area contributed by atoms with Crippen LogP contribution in [-0.2, 0) is 11.3 Å². The molecule has 1 aromatic rings. The van der Waals surface area contributed by atoms with E-state index in [4.69, 9.17) is 8.89 Å². The molecule has 1 aliphatic heterocycles. The van der Waals surface area contributed by atoms with E-state index in [1.54, 1.807) is 6.92 Å². The summed E-state index contributed by atoms with van der Waals surface area (Å²) in [7, 11) is 0. The van der Waals surface area contributed by atoms with E-state index in [0.717, 1.165) is 10.9 Å². The molecule has 0 saturated carbocycles. The second kappa shape index (κ2) is 5.87. The highest BCUT2D eigenvalue weighted by molar-refractivity contribution is 5.68. The van der Waals surface area contributed by atoms with Crippen molar-refractivity contribution in [3.05, 3.63) is 35.9 Å². The van der Waals surface area contributed by atoms with Crippen LogP contribution >= 0.6 is 0 Å². The normalized spacial score (nSPS) is 29.1. The number of carbonyl (C=O) groups excluding carboxylic acids is 1. The highest BCUT2D eigenvalue weighted by Gasteiger charge is 2.33. The summed E-state index contributed by atoms with van der Waals surface area (Å²) < 4.78 is 28.8. The van der Waals surface area contributed by atoms with E-state index in [1.807, 2.05) is 30.3 Å². The summed E-state index contributed by atoms with van der Waals surface area (Å²) in [6.45, 7) is 0.307.